The molecular weight excluding hydrogens is 226 g/mol. The molecule has 2 rings (SSSR count). The summed E-state index contributed by atoms with van der Waals surface area (Å²) >= 11 is 0. The van der Waals surface area contributed by atoms with E-state index in [1.54, 1.807) is 7.11 Å². The molecule has 18 heavy (non-hydrogen) atoms. The van der Waals surface area contributed by atoms with Gasteiger partial charge in [-0.2, -0.15) is 0 Å². The molecule has 2 aromatic rings. The van der Waals surface area contributed by atoms with E-state index in [-0.39, 0.29) is 6.04 Å². The Hall–Kier alpha value is -1.52. The molecule has 0 fully saturated rings. The number of methoxy groups -OCH3 is 1. The van der Waals surface area contributed by atoms with E-state index in [4.69, 9.17) is 10.5 Å². The van der Waals surface area contributed by atoms with E-state index in [9.17, 15) is 0 Å². The van der Waals surface area contributed by atoms with E-state index in [1.165, 1.54) is 16.6 Å². The fraction of sp³-hybridized carbons (Fsp3) is 0.429. The maximum Gasteiger partial charge on any atom is 0.119 e. The zero-order valence-electron chi connectivity index (χ0n) is 11.4. The number of nitrogens with zero attached hydrogens (tertiary/aromatic N) is 1. The molecule has 3 N–H and O–H groups in total. The summed E-state index contributed by atoms with van der Waals surface area (Å²) in [5.74, 6) is 0.872. The summed E-state index contributed by atoms with van der Waals surface area (Å²) < 4.78 is 5.30. The van der Waals surface area contributed by atoms with Crippen molar-refractivity contribution >= 4 is 10.9 Å². The van der Waals surface area contributed by atoms with E-state index < -0.39 is 0 Å². The summed E-state index contributed by atoms with van der Waals surface area (Å²) in [4.78, 5) is 5.56. The second kappa shape index (κ2) is 5.00. The summed E-state index contributed by atoms with van der Waals surface area (Å²) in [5.41, 5.74) is 9.47. The quantitative estimate of drug-likeness (QED) is 0.869. The van der Waals surface area contributed by atoms with Crippen molar-refractivity contribution in [2.75, 3.05) is 27.7 Å². The highest BCUT2D eigenvalue weighted by Gasteiger charge is 2.19. The standard InChI is InChI=1S/C14H21N3O/c1-9-14(13(8-15)17(2)3)11-7-10(18-4)5-6-12(11)16-9/h5-7,13,16H,8,15H2,1-4H3. The third-order valence-corrected chi connectivity index (χ3v) is 3.42. The van der Waals surface area contributed by atoms with Crippen LogP contribution >= 0.6 is 0 Å². The van der Waals surface area contributed by atoms with Crippen molar-refractivity contribution in [1.82, 2.24) is 9.88 Å². The molecule has 0 aliphatic carbocycles. The Labute approximate surface area is 108 Å². The smallest absolute Gasteiger partial charge is 0.119 e. The zero-order valence-corrected chi connectivity index (χ0v) is 11.4. The number of hydrogen-bond acceptors (Lipinski definition) is 3. The molecule has 0 spiro atoms. The van der Waals surface area contributed by atoms with Crippen LogP contribution in [-0.4, -0.2) is 37.6 Å². The van der Waals surface area contributed by atoms with Gasteiger partial charge < -0.3 is 20.4 Å². The van der Waals surface area contributed by atoms with Crippen LogP contribution in [0.1, 0.15) is 17.3 Å². The first kappa shape index (κ1) is 12.9. The molecule has 1 unspecified atom stereocenters. The zero-order chi connectivity index (χ0) is 13.3. The van der Waals surface area contributed by atoms with Crippen molar-refractivity contribution in [3.8, 4) is 5.75 Å². The van der Waals surface area contributed by atoms with E-state index in [2.05, 4.69) is 37.0 Å². The van der Waals surface area contributed by atoms with Gasteiger partial charge in [0, 0.05) is 29.2 Å². The van der Waals surface area contributed by atoms with Crippen molar-refractivity contribution in [3.05, 3.63) is 29.5 Å². The second-order valence-electron chi connectivity index (χ2n) is 4.79. The first-order valence-corrected chi connectivity index (χ1v) is 6.11. The number of nitrogens with one attached hydrogen (secondary N) is 1. The molecule has 1 heterocycles. The fourth-order valence-electron chi connectivity index (χ4n) is 2.47. The SMILES string of the molecule is COc1ccc2[nH]c(C)c(C(CN)N(C)C)c2c1. The van der Waals surface area contributed by atoms with Crippen LogP contribution in [0.15, 0.2) is 18.2 Å². The van der Waals surface area contributed by atoms with Crippen LogP contribution in [0.2, 0.25) is 0 Å². The highest BCUT2D eigenvalue weighted by molar-refractivity contribution is 5.86. The predicted molar refractivity (Wildman–Crippen MR) is 75.1 cm³/mol. The van der Waals surface area contributed by atoms with Gasteiger partial charge in [0.15, 0.2) is 0 Å². The number of hydrogen-bond donors (Lipinski definition) is 2. The Morgan fingerprint density at radius 2 is 2.11 bits per heavy atom. The summed E-state index contributed by atoms with van der Waals surface area (Å²) in [7, 11) is 5.79. The number of aryl methyl sites for hydroxylation is 1. The van der Waals surface area contributed by atoms with Crippen LogP contribution in [0.4, 0.5) is 0 Å². The van der Waals surface area contributed by atoms with Gasteiger partial charge in [0.2, 0.25) is 0 Å². The van der Waals surface area contributed by atoms with Crippen LogP contribution < -0.4 is 10.5 Å². The minimum atomic E-state index is 0.214. The van der Waals surface area contributed by atoms with Crippen molar-refractivity contribution in [3.63, 3.8) is 0 Å². The van der Waals surface area contributed by atoms with Crippen LogP contribution in [0.3, 0.4) is 0 Å². The summed E-state index contributed by atoms with van der Waals surface area (Å²) in [5, 5.41) is 1.19. The summed E-state index contributed by atoms with van der Waals surface area (Å²) in [6, 6.07) is 6.30. The average molecular weight is 247 g/mol. The van der Waals surface area contributed by atoms with Gasteiger partial charge in [0.25, 0.3) is 0 Å². The second-order valence-corrected chi connectivity index (χ2v) is 4.79. The summed E-state index contributed by atoms with van der Waals surface area (Å²) in [6.45, 7) is 2.69. The highest BCUT2D eigenvalue weighted by atomic mass is 16.5. The fourth-order valence-corrected chi connectivity index (χ4v) is 2.47. The Balaban J connectivity index is 2.64. The lowest BCUT2D eigenvalue weighted by molar-refractivity contribution is 0.307. The van der Waals surface area contributed by atoms with Gasteiger partial charge in [-0.15, -0.1) is 0 Å². The number of nitrogens with two attached hydrogens (primary N) is 1. The van der Waals surface area contributed by atoms with Crippen molar-refractivity contribution in [2.45, 2.75) is 13.0 Å². The molecule has 1 aromatic heterocycles. The van der Waals surface area contributed by atoms with Gasteiger partial charge in [0.05, 0.1) is 7.11 Å². The van der Waals surface area contributed by atoms with E-state index in [0.717, 1.165) is 11.3 Å². The first-order chi connectivity index (χ1) is 8.58. The molecule has 4 nitrogen and oxygen atoms in total. The van der Waals surface area contributed by atoms with Gasteiger partial charge in [-0.1, -0.05) is 0 Å². The van der Waals surface area contributed by atoms with Gasteiger partial charge in [-0.3, -0.25) is 0 Å². The Morgan fingerprint density at radius 1 is 1.39 bits per heavy atom. The van der Waals surface area contributed by atoms with Crippen LogP contribution in [-0.2, 0) is 0 Å². The minimum Gasteiger partial charge on any atom is -0.497 e. The van der Waals surface area contributed by atoms with Gasteiger partial charge in [-0.05, 0) is 44.8 Å². The number of rotatable bonds is 4. The van der Waals surface area contributed by atoms with Crippen molar-refractivity contribution in [2.24, 2.45) is 5.73 Å². The number of aromatic nitrogens is 1. The highest BCUT2D eigenvalue weighted by Crippen LogP contribution is 2.32. The number of ether oxygens (including phenoxy) is 1. The Bertz CT molecular complexity index is 545. The molecule has 0 saturated carbocycles. The third kappa shape index (κ3) is 2.09. The Morgan fingerprint density at radius 3 is 2.67 bits per heavy atom. The van der Waals surface area contributed by atoms with E-state index in [0.29, 0.717) is 6.54 Å². The van der Waals surface area contributed by atoms with Crippen LogP contribution in [0.5, 0.6) is 5.75 Å². The van der Waals surface area contributed by atoms with E-state index >= 15 is 0 Å². The maximum absolute atomic E-state index is 5.91. The lowest BCUT2D eigenvalue weighted by atomic mass is 10.0. The largest absolute Gasteiger partial charge is 0.497 e. The molecule has 0 aliphatic heterocycles. The molecule has 0 amide bonds. The molecular formula is C14H21N3O. The number of H-pyrrole nitrogens is 1. The van der Waals surface area contributed by atoms with Gasteiger partial charge in [-0.25, -0.2) is 0 Å². The molecule has 0 radical (unpaired) electrons. The Kier molecular flexibility index (Phi) is 3.59. The predicted octanol–water partition coefficient (Wildman–Crippen LogP) is 2.05. The number of fused-ring (bicyclic) bond motifs is 1. The third-order valence-electron chi connectivity index (χ3n) is 3.42. The lowest BCUT2D eigenvalue weighted by Gasteiger charge is -2.23. The van der Waals surface area contributed by atoms with Crippen LogP contribution in [0, 0.1) is 6.92 Å². The van der Waals surface area contributed by atoms with Gasteiger partial charge in [0.1, 0.15) is 5.75 Å². The average Bonchev–Trinajstić information content (AvgIpc) is 2.66. The molecule has 1 atom stereocenters. The topological polar surface area (TPSA) is 54.3 Å². The molecule has 0 saturated heterocycles. The number of benzene rings is 1. The first-order valence-electron chi connectivity index (χ1n) is 6.11. The molecule has 1 aromatic carbocycles. The van der Waals surface area contributed by atoms with E-state index in [1.807, 2.05) is 12.1 Å². The molecule has 0 aliphatic rings. The molecule has 98 valence electrons. The molecule has 0 bridgehead atoms. The lowest BCUT2D eigenvalue weighted by Crippen LogP contribution is -2.27. The van der Waals surface area contributed by atoms with Crippen LogP contribution in [0.25, 0.3) is 10.9 Å². The minimum absolute atomic E-state index is 0.214. The monoisotopic (exact) mass is 247 g/mol. The van der Waals surface area contributed by atoms with Crippen molar-refractivity contribution < 1.29 is 4.74 Å². The number of likely N-dealkylation sites (N-methyl/N-ethyl adjacent to an activating group) is 1. The van der Waals surface area contributed by atoms with Crippen molar-refractivity contribution in [1.29, 1.82) is 0 Å². The summed E-state index contributed by atoms with van der Waals surface area (Å²) in [6.07, 6.45) is 0. The maximum atomic E-state index is 5.91. The van der Waals surface area contributed by atoms with Gasteiger partial charge >= 0.3 is 0 Å². The normalized spacial score (nSPS) is 13.2. The number of aromatic amines is 1. The molecule has 4 heteroatoms.